The van der Waals surface area contributed by atoms with Crippen LogP contribution in [0.1, 0.15) is 21.6 Å². The Labute approximate surface area is 175 Å². The highest BCUT2D eigenvalue weighted by Gasteiger charge is 2.22. The van der Waals surface area contributed by atoms with E-state index < -0.39 is 0 Å². The number of aromatic nitrogens is 4. The average molecular weight is 401 g/mol. The highest BCUT2D eigenvalue weighted by molar-refractivity contribution is 5.94. The lowest BCUT2D eigenvalue weighted by molar-refractivity contribution is 0.0775. The van der Waals surface area contributed by atoms with Crippen molar-refractivity contribution in [1.82, 2.24) is 24.5 Å². The van der Waals surface area contributed by atoms with Gasteiger partial charge in [0.2, 0.25) is 0 Å². The number of amides is 1. The zero-order chi connectivity index (χ0) is 20.9. The Balaban J connectivity index is 1.47. The second kappa shape index (κ2) is 8.65. The minimum absolute atomic E-state index is 0.211. The normalized spacial score (nSPS) is 10.7. The van der Waals surface area contributed by atoms with E-state index in [0.29, 0.717) is 18.8 Å². The fraction of sp³-hybridized carbons (Fsp3) is 0.174. The van der Waals surface area contributed by atoms with Crippen molar-refractivity contribution in [2.75, 3.05) is 14.2 Å². The van der Waals surface area contributed by atoms with Gasteiger partial charge in [-0.3, -0.25) is 9.48 Å². The van der Waals surface area contributed by atoms with Gasteiger partial charge in [-0.2, -0.15) is 10.2 Å². The van der Waals surface area contributed by atoms with Crippen molar-refractivity contribution >= 4 is 5.91 Å². The molecule has 0 unspecified atom stereocenters. The third kappa shape index (κ3) is 4.25. The molecule has 4 aromatic rings. The van der Waals surface area contributed by atoms with Gasteiger partial charge in [0.05, 0.1) is 31.7 Å². The van der Waals surface area contributed by atoms with E-state index in [1.54, 1.807) is 29.0 Å². The first-order valence-electron chi connectivity index (χ1n) is 9.64. The molecule has 0 aliphatic carbocycles. The van der Waals surface area contributed by atoms with Crippen molar-refractivity contribution in [2.45, 2.75) is 13.1 Å². The molecular weight excluding hydrogens is 378 g/mol. The van der Waals surface area contributed by atoms with Crippen molar-refractivity contribution in [3.05, 3.63) is 96.1 Å². The Morgan fingerprint density at radius 3 is 2.40 bits per heavy atom. The maximum absolute atomic E-state index is 13.0. The lowest BCUT2D eigenvalue weighted by Gasteiger charge is -2.15. The highest BCUT2D eigenvalue weighted by atomic mass is 16.5. The minimum Gasteiger partial charge on any atom is -0.493 e. The predicted octanol–water partition coefficient (Wildman–Crippen LogP) is 3.40. The number of carbonyl (C=O) groups excluding carboxylic acids is 1. The molecule has 2 aromatic carbocycles. The van der Waals surface area contributed by atoms with Gasteiger partial charge < -0.3 is 9.64 Å². The van der Waals surface area contributed by atoms with Crippen molar-refractivity contribution < 1.29 is 9.53 Å². The van der Waals surface area contributed by atoms with E-state index in [4.69, 9.17) is 4.74 Å². The van der Waals surface area contributed by atoms with Crippen LogP contribution >= 0.6 is 0 Å². The summed E-state index contributed by atoms with van der Waals surface area (Å²) in [5, 5.41) is 8.86. The average Bonchev–Trinajstić information content (AvgIpc) is 3.41. The van der Waals surface area contributed by atoms with Crippen LogP contribution < -0.4 is 4.74 Å². The number of methoxy groups -OCH3 is 1. The molecule has 152 valence electrons. The van der Waals surface area contributed by atoms with Crippen LogP contribution in [0, 0.1) is 0 Å². The standard InChI is InChI=1S/C23H23N5O2/c1-26(14-19-13-24-27(16-19)15-18-9-5-3-6-10-18)23(29)22-21(30-2)17-28(25-22)20-11-7-4-8-12-20/h3-13,16-17H,14-15H2,1-2H3. The first-order chi connectivity index (χ1) is 14.6. The van der Waals surface area contributed by atoms with Gasteiger partial charge in [0, 0.05) is 25.4 Å². The summed E-state index contributed by atoms with van der Waals surface area (Å²) in [6, 6.07) is 19.8. The number of benzene rings is 2. The number of carbonyl (C=O) groups is 1. The van der Waals surface area contributed by atoms with Crippen molar-refractivity contribution in [3.8, 4) is 11.4 Å². The van der Waals surface area contributed by atoms with Gasteiger partial charge in [-0.05, 0) is 17.7 Å². The highest BCUT2D eigenvalue weighted by Crippen LogP contribution is 2.21. The summed E-state index contributed by atoms with van der Waals surface area (Å²) in [5.74, 6) is 0.229. The molecule has 0 fully saturated rings. The molecule has 0 N–H and O–H groups in total. The van der Waals surface area contributed by atoms with Gasteiger partial charge >= 0.3 is 0 Å². The molecule has 30 heavy (non-hydrogen) atoms. The molecule has 7 nitrogen and oxygen atoms in total. The van der Waals surface area contributed by atoms with Crippen LogP contribution in [0.5, 0.6) is 5.75 Å². The van der Waals surface area contributed by atoms with Gasteiger partial charge in [0.1, 0.15) is 0 Å². The van der Waals surface area contributed by atoms with E-state index in [1.165, 1.54) is 12.7 Å². The van der Waals surface area contributed by atoms with Gasteiger partial charge in [-0.15, -0.1) is 0 Å². The fourth-order valence-electron chi connectivity index (χ4n) is 3.24. The molecular formula is C23H23N5O2. The second-order valence-corrected chi connectivity index (χ2v) is 7.02. The van der Waals surface area contributed by atoms with Crippen LogP contribution in [-0.2, 0) is 13.1 Å². The summed E-state index contributed by atoms with van der Waals surface area (Å²) in [7, 11) is 3.29. The Morgan fingerprint density at radius 2 is 1.70 bits per heavy atom. The Bertz CT molecular complexity index is 1120. The van der Waals surface area contributed by atoms with Gasteiger partial charge in [-0.25, -0.2) is 4.68 Å². The lowest BCUT2D eigenvalue weighted by Crippen LogP contribution is -2.27. The van der Waals surface area contributed by atoms with Gasteiger partial charge in [0.15, 0.2) is 11.4 Å². The maximum Gasteiger partial charge on any atom is 0.278 e. The SMILES string of the molecule is COc1cn(-c2ccccc2)nc1C(=O)N(C)Cc1cnn(Cc2ccccc2)c1. The quantitative estimate of drug-likeness (QED) is 0.476. The maximum atomic E-state index is 13.0. The van der Waals surface area contributed by atoms with Crippen LogP contribution in [0.4, 0.5) is 0 Å². The van der Waals surface area contributed by atoms with E-state index in [0.717, 1.165) is 11.3 Å². The zero-order valence-corrected chi connectivity index (χ0v) is 17.0. The molecule has 0 saturated carbocycles. The van der Waals surface area contributed by atoms with Crippen molar-refractivity contribution in [2.24, 2.45) is 0 Å². The molecule has 7 heteroatoms. The number of ether oxygens (including phenoxy) is 1. The Hall–Kier alpha value is -3.87. The number of para-hydroxylation sites is 1. The van der Waals surface area contributed by atoms with Crippen LogP contribution in [0.2, 0.25) is 0 Å². The third-order valence-corrected chi connectivity index (χ3v) is 4.76. The summed E-state index contributed by atoms with van der Waals surface area (Å²) >= 11 is 0. The van der Waals surface area contributed by atoms with E-state index >= 15 is 0 Å². The number of hydrogen-bond acceptors (Lipinski definition) is 4. The molecule has 4 rings (SSSR count). The van der Waals surface area contributed by atoms with Crippen LogP contribution in [0.3, 0.4) is 0 Å². The summed E-state index contributed by atoms with van der Waals surface area (Å²) < 4.78 is 8.91. The van der Waals surface area contributed by atoms with Crippen LogP contribution in [0.25, 0.3) is 5.69 Å². The second-order valence-electron chi connectivity index (χ2n) is 7.02. The molecule has 1 amide bonds. The molecule has 2 aromatic heterocycles. The molecule has 0 aliphatic heterocycles. The molecule has 0 saturated heterocycles. The van der Waals surface area contributed by atoms with Crippen LogP contribution in [0.15, 0.2) is 79.3 Å². The monoisotopic (exact) mass is 401 g/mol. The van der Waals surface area contributed by atoms with E-state index in [-0.39, 0.29) is 11.6 Å². The van der Waals surface area contributed by atoms with Crippen LogP contribution in [-0.4, -0.2) is 44.5 Å². The van der Waals surface area contributed by atoms with E-state index in [2.05, 4.69) is 22.3 Å². The van der Waals surface area contributed by atoms with Gasteiger partial charge in [0.25, 0.3) is 5.91 Å². The van der Waals surface area contributed by atoms with E-state index in [1.807, 2.05) is 59.4 Å². The predicted molar refractivity (Wildman–Crippen MR) is 114 cm³/mol. The fourth-order valence-corrected chi connectivity index (χ4v) is 3.24. The summed E-state index contributed by atoms with van der Waals surface area (Å²) in [6.07, 6.45) is 5.46. The molecule has 2 heterocycles. The summed E-state index contributed by atoms with van der Waals surface area (Å²) in [6.45, 7) is 1.11. The number of hydrogen-bond donors (Lipinski definition) is 0. The molecule has 0 aliphatic rings. The third-order valence-electron chi connectivity index (χ3n) is 4.76. The lowest BCUT2D eigenvalue weighted by atomic mass is 10.2. The van der Waals surface area contributed by atoms with Gasteiger partial charge in [-0.1, -0.05) is 48.5 Å². The van der Waals surface area contributed by atoms with Crippen molar-refractivity contribution in [1.29, 1.82) is 0 Å². The molecule has 0 radical (unpaired) electrons. The Morgan fingerprint density at radius 1 is 1.00 bits per heavy atom. The summed E-state index contributed by atoms with van der Waals surface area (Å²) in [5.41, 5.74) is 3.26. The van der Waals surface area contributed by atoms with E-state index in [9.17, 15) is 4.79 Å². The minimum atomic E-state index is -0.211. The molecule has 0 bridgehead atoms. The van der Waals surface area contributed by atoms with Crippen molar-refractivity contribution in [3.63, 3.8) is 0 Å². The largest absolute Gasteiger partial charge is 0.493 e. The first-order valence-corrected chi connectivity index (χ1v) is 9.64. The molecule has 0 spiro atoms. The Kier molecular flexibility index (Phi) is 5.61. The molecule has 0 atom stereocenters. The zero-order valence-electron chi connectivity index (χ0n) is 17.0. The number of nitrogens with zero attached hydrogens (tertiary/aromatic N) is 5. The first kappa shape index (κ1) is 19.4. The summed E-state index contributed by atoms with van der Waals surface area (Å²) in [4.78, 5) is 14.6. The topological polar surface area (TPSA) is 65.2 Å². The smallest absolute Gasteiger partial charge is 0.278 e. The number of rotatable bonds is 7.